The average Bonchev–Trinajstić information content (AvgIpc) is 3.52. The van der Waals surface area contributed by atoms with Crippen molar-refractivity contribution in [1.82, 2.24) is 15.1 Å². The second-order valence-corrected chi connectivity index (χ2v) is 7.85. The second kappa shape index (κ2) is 8.99. The minimum Gasteiger partial charge on any atom is -0.493 e. The van der Waals surface area contributed by atoms with Crippen molar-refractivity contribution in [2.24, 2.45) is 0 Å². The summed E-state index contributed by atoms with van der Waals surface area (Å²) in [7, 11) is 1.66. The van der Waals surface area contributed by atoms with Crippen LogP contribution in [0.15, 0.2) is 54.7 Å². The van der Waals surface area contributed by atoms with Gasteiger partial charge in [-0.25, -0.2) is 4.68 Å². The SMILES string of the molecule is COc1ccc(-c2ccnn2-c2ccc(N3CCNCC3)cc2)cc1OC1CCOC1. The fourth-order valence-electron chi connectivity index (χ4n) is 4.17. The molecular formula is C24H28N4O3. The van der Waals surface area contributed by atoms with Gasteiger partial charge in [0.15, 0.2) is 11.5 Å². The third-order valence-corrected chi connectivity index (χ3v) is 5.86. The number of hydrogen-bond acceptors (Lipinski definition) is 6. The third-order valence-electron chi connectivity index (χ3n) is 5.86. The Hall–Kier alpha value is -3.03. The molecule has 1 N–H and O–H groups in total. The number of nitrogens with zero attached hydrogens (tertiary/aromatic N) is 3. The van der Waals surface area contributed by atoms with E-state index in [0.29, 0.717) is 6.61 Å². The molecule has 2 aliphatic rings. The highest BCUT2D eigenvalue weighted by Crippen LogP contribution is 2.34. The number of rotatable bonds is 6. The van der Waals surface area contributed by atoms with Crippen LogP contribution >= 0.6 is 0 Å². The first kappa shape index (κ1) is 19.9. The summed E-state index contributed by atoms with van der Waals surface area (Å²) in [5.41, 5.74) is 4.31. The topological polar surface area (TPSA) is 60.8 Å². The van der Waals surface area contributed by atoms with Crippen LogP contribution in [0.4, 0.5) is 5.69 Å². The molecule has 3 heterocycles. The fourth-order valence-corrected chi connectivity index (χ4v) is 4.17. The molecule has 0 spiro atoms. The summed E-state index contributed by atoms with van der Waals surface area (Å²) in [5, 5.41) is 7.98. The molecule has 1 atom stereocenters. The minimum atomic E-state index is 0.0617. The fraction of sp³-hybridized carbons (Fsp3) is 0.375. The van der Waals surface area contributed by atoms with E-state index in [0.717, 1.165) is 67.7 Å². The van der Waals surface area contributed by atoms with Gasteiger partial charge in [0, 0.05) is 43.9 Å². The lowest BCUT2D eigenvalue weighted by atomic mass is 10.1. The molecule has 5 rings (SSSR count). The van der Waals surface area contributed by atoms with Crippen LogP contribution in [0.5, 0.6) is 11.5 Å². The van der Waals surface area contributed by atoms with Crippen LogP contribution < -0.4 is 19.7 Å². The van der Waals surface area contributed by atoms with E-state index in [1.807, 2.05) is 35.1 Å². The standard InChI is InChI=1S/C24H28N4O3/c1-29-23-7-2-18(16-24(23)31-21-9-15-30-17-21)22-8-10-26-28(22)20-5-3-19(4-6-20)27-13-11-25-12-14-27/h2-8,10,16,21,25H,9,11-15,17H2,1H3. The van der Waals surface area contributed by atoms with E-state index in [-0.39, 0.29) is 6.10 Å². The van der Waals surface area contributed by atoms with Gasteiger partial charge in [0.25, 0.3) is 0 Å². The highest BCUT2D eigenvalue weighted by molar-refractivity contribution is 5.66. The lowest BCUT2D eigenvalue weighted by Crippen LogP contribution is -2.43. The van der Waals surface area contributed by atoms with Crippen LogP contribution in [0.1, 0.15) is 6.42 Å². The van der Waals surface area contributed by atoms with E-state index in [4.69, 9.17) is 14.2 Å². The first-order valence-corrected chi connectivity index (χ1v) is 10.8. The Bertz CT molecular complexity index is 1010. The third kappa shape index (κ3) is 4.24. The van der Waals surface area contributed by atoms with Gasteiger partial charge in [0.1, 0.15) is 6.10 Å². The monoisotopic (exact) mass is 420 g/mol. The van der Waals surface area contributed by atoms with Gasteiger partial charge in [-0.05, 0) is 48.5 Å². The molecule has 0 bridgehead atoms. The summed E-state index contributed by atoms with van der Waals surface area (Å²) >= 11 is 0. The summed E-state index contributed by atoms with van der Waals surface area (Å²) in [6.07, 6.45) is 2.78. The van der Waals surface area contributed by atoms with Gasteiger partial charge in [-0.2, -0.15) is 5.10 Å². The van der Waals surface area contributed by atoms with Crippen molar-refractivity contribution in [2.45, 2.75) is 12.5 Å². The maximum Gasteiger partial charge on any atom is 0.162 e. The molecule has 2 saturated heterocycles. The number of piperazine rings is 1. The summed E-state index contributed by atoms with van der Waals surface area (Å²) in [6.45, 7) is 5.48. The van der Waals surface area contributed by atoms with Crippen LogP contribution in [0.25, 0.3) is 16.9 Å². The number of hydrogen-bond donors (Lipinski definition) is 1. The van der Waals surface area contributed by atoms with Gasteiger partial charge >= 0.3 is 0 Å². The highest BCUT2D eigenvalue weighted by Gasteiger charge is 2.20. The molecule has 162 valence electrons. The van der Waals surface area contributed by atoms with Crippen molar-refractivity contribution in [3.8, 4) is 28.4 Å². The largest absolute Gasteiger partial charge is 0.493 e. The summed E-state index contributed by atoms with van der Waals surface area (Å²) in [6, 6.07) is 16.7. The highest BCUT2D eigenvalue weighted by atomic mass is 16.6. The molecule has 7 nitrogen and oxygen atoms in total. The van der Waals surface area contributed by atoms with E-state index >= 15 is 0 Å². The number of methoxy groups -OCH3 is 1. The molecule has 0 saturated carbocycles. The number of benzene rings is 2. The molecule has 2 aromatic carbocycles. The van der Waals surface area contributed by atoms with Gasteiger partial charge in [-0.15, -0.1) is 0 Å². The van der Waals surface area contributed by atoms with Crippen LogP contribution in [0, 0.1) is 0 Å². The minimum absolute atomic E-state index is 0.0617. The zero-order chi connectivity index (χ0) is 21.0. The predicted molar refractivity (Wildman–Crippen MR) is 120 cm³/mol. The van der Waals surface area contributed by atoms with Gasteiger partial charge in [-0.1, -0.05) is 0 Å². The first-order chi connectivity index (χ1) is 15.3. The Balaban J connectivity index is 1.42. The Kier molecular flexibility index (Phi) is 5.78. The van der Waals surface area contributed by atoms with Crippen molar-refractivity contribution >= 4 is 5.69 Å². The first-order valence-electron chi connectivity index (χ1n) is 10.8. The van der Waals surface area contributed by atoms with Crippen LogP contribution in [0.2, 0.25) is 0 Å². The maximum absolute atomic E-state index is 6.17. The number of nitrogens with one attached hydrogen (secondary N) is 1. The average molecular weight is 421 g/mol. The Morgan fingerprint density at radius 2 is 1.81 bits per heavy atom. The van der Waals surface area contributed by atoms with Crippen molar-refractivity contribution in [3.63, 3.8) is 0 Å². The van der Waals surface area contributed by atoms with Crippen LogP contribution in [0.3, 0.4) is 0 Å². The quantitative estimate of drug-likeness (QED) is 0.661. The zero-order valence-electron chi connectivity index (χ0n) is 17.8. The van der Waals surface area contributed by atoms with Crippen molar-refractivity contribution in [1.29, 1.82) is 0 Å². The normalized spacial score (nSPS) is 18.9. The summed E-state index contributed by atoms with van der Waals surface area (Å²) in [4.78, 5) is 2.41. The van der Waals surface area contributed by atoms with Crippen molar-refractivity contribution in [2.75, 3.05) is 51.4 Å². The van der Waals surface area contributed by atoms with E-state index in [2.05, 4.69) is 39.6 Å². The molecule has 0 amide bonds. The Labute approximate surface area is 182 Å². The van der Waals surface area contributed by atoms with E-state index in [1.165, 1.54) is 5.69 Å². The number of aromatic nitrogens is 2. The van der Waals surface area contributed by atoms with Gasteiger partial charge in [0.05, 0.1) is 37.9 Å². The molecular weight excluding hydrogens is 392 g/mol. The summed E-state index contributed by atoms with van der Waals surface area (Å²) in [5.74, 6) is 1.46. The van der Waals surface area contributed by atoms with Gasteiger partial charge < -0.3 is 24.4 Å². The molecule has 1 unspecified atom stereocenters. The number of anilines is 1. The second-order valence-electron chi connectivity index (χ2n) is 7.85. The Morgan fingerprint density at radius 1 is 1.00 bits per heavy atom. The Morgan fingerprint density at radius 3 is 2.55 bits per heavy atom. The van der Waals surface area contributed by atoms with Crippen LogP contribution in [-0.2, 0) is 4.74 Å². The molecule has 2 aliphatic heterocycles. The van der Waals surface area contributed by atoms with Crippen molar-refractivity contribution in [3.05, 3.63) is 54.7 Å². The molecule has 2 fully saturated rings. The molecule has 0 radical (unpaired) electrons. The molecule has 0 aliphatic carbocycles. The smallest absolute Gasteiger partial charge is 0.162 e. The molecule has 3 aromatic rings. The lowest BCUT2D eigenvalue weighted by Gasteiger charge is -2.29. The van der Waals surface area contributed by atoms with E-state index < -0.39 is 0 Å². The molecule has 31 heavy (non-hydrogen) atoms. The molecule has 1 aromatic heterocycles. The molecule has 7 heteroatoms. The summed E-state index contributed by atoms with van der Waals surface area (Å²) < 4.78 is 19.1. The zero-order valence-corrected chi connectivity index (χ0v) is 17.8. The van der Waals surface area contributed by atoms with Crippen LogP contribution in [-0.4, -0.2) is 62.4 Å². The van der Waals surface area contributed by atoms with Gasteiger partial charge in [-0.3, -0.25) is 0 Å². The number of ether oxygens (including phenoxy) is 3. The van der Waals surface area contributed by atoms with E-state index in [9.17, 15) is 0 Å². The lowest BCUT2D eigenvalue weighted by molar-refractivity contribution is 0.138. The van der Waals surface area contributed by atoms with Gasteiger partial charge in [0.2, 0.25) is 0 Å². The van der Waals surface area contributed by atoms with Crippen molar-refractivity contribution < 1.29 is 14.2 Å². The maximum atomic E-state index is 6.17. The predicted octanol–water partition coefficient (Wildman–Crippen LogP) is 3.13. The van der Waals surface area contributed by atoms with E-state index in [1.54, 1.807) is 7.11 Å².